The van der Waals surface area contributed by atoms with E-state index >= 15 is 0 Å². The molecule has 118 valence electrons. The molecule has 1 atom stereocenters. The minimum Gasteiger partial charge on any atom is -0.229 e. The molecule has 0 bridgehead atoms. The summed E-state index contributed by atoms with van der Waals surface area (Å²) < 4.78 is 1.78. The minimum atomic E-state index is -0.163. The molecule has 0 radical (unpaired) electrons. The normalized spacial score (nSPS) is 11.8. The van der Waals surface area contributed by atoms with E-state index in [1.54, 1.807) is 10.9 Å². The van der Waals surface area contributed by atoms with E-state index in [1.807, 2.05) is 30.3 Å². The molecule has 0 aliphatic carbocycles. The summed E-state index contributed by atoms with van der Waals surface area (Å²) in [6.45, 7) is 0. The zero-order valence-corrected chi connectivity index (χ0v) is 13.6. The van der Waals surface area contributed by atoms with Crippen LogP contribution >= 0.6 is 11.8 Å². The fourth-order valence-electron chi connectivity index (χ4n) is 2.30. The molecule has 24 heavy (non-hydrogen) atoms. The van der Waals surface area contributed by atoms with Crippen LogP contribution in [0.3, 0.4) is 0 Å². The van der Waals surface area contributed by atoms with Gasteiger partial charge in [0.1, 0.15) is 11.4 Å². The Morgan fingerprint density at radius 2 is 2.00 bits per heavy atom. The van der Waals surface area contributed by atoms with Crippen LogP contribution in [0.4, 0.5) is 0 Å². The van der Waals surface area contributed by atoms with Gasteiger partial charge in [-0.2, -0.15) is 15.6 Å². The summed E-state index contributed by atoms with van der Waals surface area (Å²) in [5.74, 6) is 0.435. The Bertz CT molecular complexity index is 906. The Morgan fingerprint density at radius 1 is 1.17 bits per heavy atom. The summed E-state index contributed by atoms with van der Waals surface area (Å²) in [5, 5.41) is 23.9. The van der Waals surface area contributed by atoms with Gasteiger partial charge in [-0.3, -0.25) is 0 Å². The number of aromatic nitrogens is 4. The van der Waals surface area contributed by atoms with Gasteiger partial charge in [-0.05, 0) is 18.6 Å². The highest BCUT2D eigenvalue weighted by Gasteiger charge is 2.14. The van der Waals surface area contributed by atoms with Gasteiger partial charge in [0.15, 0.2) is 5.65 Å². The second-order valence-corrected chi connectivity index (χ2v) is 6.15. The van der Waals surface area contributed by atoms with Crippen LogP contribution in [0.1, 0.15) is 12.8 Å². The first-order chi connectivity index (χ1) is 11.8. The van der Waals surface area contributed by atoms with E-state index < -0.39 is 0 Å². The average Bonchev–Trinajstić information content (AvgIpc) is 3.07. The molecule has 0 amide bonds. The van der Waals surface area contributed by atoms with Gasteiger partial charge in [0.05, 0.1) is 35.3 Å². The van der Waals surface area contributed by atoms with Gasteiger partial charge >= 0.3 is 0 Å². The van der Waals surface area contributed by atoms with Crippen molar-refractivity contribution in [1.82, 2.24) is 19.7 Å². The third-order valence-corrected chi connectivity index (χ3v) is 4.71. The molecule has 0 aliphatic rings. The second-order valence-electron chi connectivity index (χ2n) is 5.14. The molecule has 2 aromatic heterocycles. The van der Waals surface area contributed by atoms with Crippen molar-refractivity contribution in [2.24, 2.45) is 5.92 Å². The quantitative estimate of drug-likeness (QED) is 0.507. The van der Waals surface area contributed by atoms with E-state index in [9.17, 15) is 5.26 Å². The van der Waals surface area contributed by atoms with Crippen LogP contribution in [-0.2, 0) is 0 Å². The lowest BCUT2D eigenvalue weighted by Gasteiger charge is -2.07. The lowest BCUT2D eigenvalue weighted by Crippen LogP contribution is -2.01. The van der Waals surface area contributed by atoms with Crippen molar-refractivity contribution in [3.63, 3.8) is 0 Å². The summed E-state index contributed by atoms with van der Waals surface area (Å²) >= 11 is 1.51. The average molecular weight is 334 g/mol. The van der Waals surface area contributed by atoms with Gasteiger partial charge in [-0.1, -0.05) is 18.2 Å². The summed E-state index contributed by atoms with van der Waals surface area (Å²) in [7, 11) is 0. The summed E-state index contributed by atoms with van der Waals surface area (Å²) in [5.41, 5.74) is 1.68. The number of para-hydroxylation sites is 1. The molecule has 0 N–H and O–H groups in total. The molecule has 0 unspecified atom stereocenters. The van der Waals surface area contributed by atoms with E-state index in [4.69, 9.17) is 5.26 Å². The van der Waals surface area contributed by atoms with E-state index in [0.29, 0.717) is 18.6 Å². The van der Waals surface area contributed by atoms with Crippen LogP contribution in [0.15, 0.2) is 47.9 Å². The highest BCUT2D eigenvalue weighted by molar-refractivity contribution is 7.99. The topological polar surface area (TPSA) is 91.2 Å². The van der Waals surface area contributed by atoms with Crippen molar-refractivity contribution in [2.75, 3.05) is 5.75 Å². The van der Waals surface area contributed by atoms with Crippen LogP contribution in [0.25, 0.3) is 16.7 Å². The monoisotopic (exact) mass is 334 g/mol. The maximum absolute atomic E-state index is 9.17. The Balaban J connectivity index is 1.84. The zero-order valence-electron chi connectivity index (χ0n) is 12.8. The number of nitriles is 2. The maximum Gasteiger partial charge on any atom is 0.167 e. The fourth-order valence-corrected chi connectivity index (χ4v) is 3.32. The molecule has 1 aromatic carbocycles. The van der Waals surface area contributed by atoms with Crippen LogP contribution in [-0.4, -0.2) is 25.5 Å². The molecule has 3 rings (SSSR count). The van der Waals surface area contributed by atoms with Crippen LogP contribution < -0.4 is 0 Å². The summed E-state index contributed by atoms with van der Waals surface area (Å²) in [6.07, 6.45) is 4.24. The number of benzene rings is 1. The molecule has 0 aliphatic heterocycles. The molecular formula is C17H14N6S. The Hall–Kier alpha value is -2.90. The molecule has 3 aromatic rings. The lowest BCUT2D eigenvalue weighted by molar-refractivity contribution is 0.685. The minimum absolute atomic E-state index is 0.163. The third kappa shape index (κ3) is 3.37. The predicted molar refractivity (Wildman–Crippen MR) is 91.3 cm³/mol. The standard InChI is InChI=1S/C17H14N6S/c18-8-4-5-13(9-19)11-24-17-15-10-22-23(16(15)20-12-21-17)14-6-2-1-3-7-14/h1-3,6-7,10,12-13H,4-5,11H2/t13-/m1/s1. The van der Waals surface area contributed by atoms with Gasteiger partial charge in [-0.25, -0.2) is 14.6 Å². The van der Waals surface area contributed by atoms with Gasteiger partial charge in [0.25, 0.3) is 0 Å². The molecular weight excluding hydrogens is 320 g/mol. The Kier molecular flexibility index (Phi) is 5.05. The number of thioether (sulfide) groups is 1. The van der Waals surface area contributed by atoms with Crippen molar-refractivity contribution in [1.29, 1.82) is 10.5 Å². The number of hydrogen-bond donors (Lipinski definition) is 0. The van der Waals surface area contributed by atoms with Crippen LogP contribution in [0, 0.1) is 28.6 Å². The lowest BCUT2D eigenvalue weighted by atomic mass is 10.1. The zero-order chi connectivity index (χ0) is 16.8. The van der Waals surface area contributed by atoms with Crippen molar-refractivity contribution in [2.45, 2.75) is 17.9 Å². The number of fused-ring (bicyclic) bond motifs is 1. The molecule has 0 saturated carbocycles. The Labute approximate surface area is 143 Å². The summed E-state index contributed by atoms with van der Waals surface area (Å²) in [6, 6.07) is 14.1. The van der Waals surface area contributed by atoms with Gasteiger partial charge in [0, 0.05) is 12.2 Å². The highest BCUT2D eigenvalue weighted by atomic mass is 32.2. The third-order valence-electron chi connectivity index (χ3n) is 3.54. The smallest absolute Gasteiger partial charge is 0.167 e. The van der Waals surface area contributed by atoms with E-state index in [-0.39, 0.29) is 5.92 Å². The molecule has 0 fully saturated rings. The molecule has 0 saturated heterocycles. The largest absolute Gasteiger partial charge is 0.229 e. The molecule has 2 heterocycles. The first-order valence-electron chi connectivity index (χ1n) is 7.47. The molecule has 7 heteroatoms. The molecule has 6 nitrogen and oxygen atoms in total. The van der Waals surface area contributed by atoms with Crippen molar-refractivity contribution in [3.8, 4) is 17.8 Å². The van der Waals surface area contributed by atoms with E-state index in [2.05, 4.69) is 27.2 Å². The Morgan fingerprint density at radius 3 is 2.75 bits per heavy atom. The SMILES string of the molecule is N#CCC[C@H](C#N)CSc1ncnc2c1cnn2-c1ccccc1. The van der Waals surface area contributed by atoms with Crippen molar-refractivity contribution in [3.05, 3.63) is 42.9 Å². The number of hydrogen-bond acceptors (Lipinski definition) is 6. The number of rotatable bonds is 6. The van der Waals surface area contributed by atoms with Crippen LogP contribution in [0.2, 0.25) is 0 Å². The fraction of sp³-hybridized carbons (Fsp3) is 0.235. The first kappa shape index (κ1) is 16.0. The van der Waals surface area contributed by atoms with Crippen molar-refractivity contribution < 1.29 is 0 Å². The van der Waals surface area contributed by atoms with Crippen LogP contribution in [0.5, 0.6) is 0 Å². The van der Waals surface area contributed by atoms with Gasteiger partial charge in [0.2, 0.25) is 0 Å². The second kappa shape index (κ2) is 7.58. The van der Waals surface area contributed by atoms with Gasteiger partial charge < -0.3 is 0 Å². The van der Waals surface area contributed by atoms with Gasteiger partial charge in [-0.15, -0.1) is 11.8 Å². The highest BCUT2D eigenvalue weighted by Crippen LogP contribution is 2.27. The van der Waals surface area contributed by atoms with E-state index in [1.165, 1.54) is 18.1 Å². The van der Waals surface area contributed by atoms with E-state index in [0.717, 1.165) is 21.7 Å². The number of nitrogens with zero attached hydrogens (tertiary/aromatic N) is 6. The summed E-state index contributed by atoms with van der Waals surface area (Å²) in [4.78, 5) is 8.67. The molecule has 0 spiro atoms. The maximum atomic E-state index is 9.17. The van der Waals surface area contributed by atoms with Crippen molar-refractivity contribution >= 4 is 22.8 Å². The predicted octanol–water partition coefficient (Wildman–Crippen LogP) is 3.35. The first-order valence-corrected chi connectivity index (χ1v) is 8.45.